The molecule has 1 unspecified atom stereocenters. The Morgan fingerprint density at radius 2 is 1.82 bits per heavy atom. The number of aromatic nitrogens is 2. The number of pyridine rings is 1. The molecule has 0 aliphatic rings. The summed E-state index contributed by atoms with van der Waals surface area (Å²) < 4.78 is 20.2. The number of halogens is 2. The molecular formula is C35H44BrClN4O4. The second-order valence-electron chi connectivity index (χ2n) is 11.7. The van der Waals surface area contributed by atoms with Crippen molar-refractivity contribution in [1.29, 1.82) is 0 Å². The predicted molar refractivity (Wildman–Crippen MR) is 184 cm³/mol. The first-order valence-corrected chi connectivity index (χ1v) is 16.6. The van der Waals surface area contributed by atoms with Gasteiger partial charge in [-0.2, -0.15) is 0 Å². The summed E-state index contributed by atoms with van der Waals surface area (Å²) in [5, 5.41) is 7.04. The molecule has 0 aliphatic heterocycles. The van der Waals surface area contributed by atoms with Gasteiger partial charge in [0.25, 0.3) is 0 Å². The van der Waals surface area contributed by atoms with Gasteiger partial charge in [0, 0.05) is 35.6 Å². The molecule has 2 aromatic heterocycles. The maximum absolute atomic E-state index is 13.0. The predicted octanol–water partition coefficient (Wildman–Crippen LogP) is 7.26. The number of imidazole rings is 1. The third-order valence-corrected chi connectivity index (χ3v) is 8.54. The Hall–Kier alpha value is -3.27. The zero-order chi connectivity index (χ0) is 32.3. The van der Waals surface area contributed by atoms with E-state index in [-0.39, 0.29) is 11.8 Å². The van der Waals surface area contributed by atoms with E-state index in [2.05, 4.69) is 57.8 Å². The van der Waals surface area contributed by atoms with Crippen molar-refractivity contribution in [2.45, 2.75) is 53.0 Å². The molecule has 0 radical (unpaired) electrons. The maximum Gasteiger partial charge on any atom is 0.220 e. The van der Waals surface area contributed by atoms with E-state index in [1.807, 2.05) is 48.7 Å². The van der Waals surface area contributed by atoms with Crippen molar-refractivity contribution in [2.24, 2.45) is 11.8 Å². The first-order chi connectivity index (χ1) is 21.7. The Morgan fingerprint density at radius 3 is 2.58 bits per heavy atom. The van der Waals surface area contributed by atoms with Crippen LogP contribution in [0.4, 0.5) is 0 Å². The number of hydrogen-bond acceptors (Lipinski definition) is 6. The zero-order valence-corrected chi connectivity index (χ0v) is 29.1. The molecule has 4 aromatic rings. The van der Waals surface area contributed by atoms with Crippen molar-refractivity contribution in [3.63, 3.8) is 0 Å². The fourth-order valence-electron chi connectivity index (χ4n) is 5.26. The Kier molecular flexibility index (Phi) is 13.0. The second-order valence-corrected chi connectivity index (χ2v) is 13.0. The third-order valence-electron chi connectivity index (χ3n) is 7.64. The van der Waals surface area contributed by atoms with Gasteiger partial charge in [-0.25, -0.2) is 4.98 Å². The highest BCUT2D eigenvalue weighted by molar-refractivity contribution is 9.10. The van der Waals surface area contributed by atoms with E-state index in [1.54, 1.807) is 14.2 Å². The lowest BCUT2D eigenvalue weighted by Crippen LogP contribution is -2.25. The first kappa shape index (κ1) is 34.6. The number of carbonyl (C=O) groups excluding carboxylic acids is 1. The number of fused-ring (bicyclic) bond motifs is 1. The molecule has 2 aromatic carbocycles. The molecule has 1 amide bonds. The lowest BCUT2D eigenvalue weighted by Gasteiger charge is -2.18. The smallest absolute Gasteiger partial charge is 0.220 e. The van der Waals surface area contributed by atoms with Gasteiger partial charge in [-0.05, 0) is 73.2 Å². The summed E-state index contributed by atoms with van der Waals surface area (Å²) in [6, 6.07) is 15.8. The molecule has 0 bridgehead atoms. The van der Waals surface area contributed by atoms with Crippen LogP contribution in [0.15, 0.2) is 59.2 Å². The number of benzene rings is 2. The van der Waals surface area contributed by atoms with Crippen LogP contribution in [0.1, 0.15) is 56.1 Å². The van der Waals surface area contributed by atoms with Gasteiger partial charge in [0.05, 0.1) is 37.2 Å². The van der Waals surface area contributed by atoms with E-state index in [1.165, 1.54) is 0 Å². The molecule has 0 aliphatic carbocycles. The van der Waals surface area contributed by atoms with Gasteiger partial charge in [-0.3, -0.25) is 4.79 Å². The number of methoxy groups -OCH3 is 2. The molecule has 0 saturated heterocycles. The van der Waals surface area contributed by atoms with Crippen molar-refractivity contribution in [3.8, 4) is 17.2 Å². The molecule has 0 saturated carbocycles. The number of nitrogens with one attached hydrogen (secondary N) is 2. The maximum atomic E-state index is 13.0. The monoisotopic (exact) mass is 698 g/mol. The van der Waals surface area contributed by atoms with Crippen LogP contribution in [0.3, 0.4) is 0 Å². The molecule has 45 heavy (non-hydrogen) atoms. The van der Waals surface area contributed by atoms with Gasteiger partial charge < -0.3 is 29.2 Å². The molecular weight excluding hydrogens is 656 g/mol. The zero-order valence-electron chi connectivity index (χ0n) is 26.8. The Labute approximate surface area is 279 Å². The second kappa shape index (κ2) is 16.9. The highest BCUT2D eigenvalue weighted by Gasteiger charge is 2.18. The molecule has 242 valence electrons. The van der Waals surface area contributed by atoms with E-state index in [0.29, 0.717) is 48.4 Å². The van der Waals surface area contributed by atoms with Crippen LogP contribution in [0.5, 0.6) is 17.2 Å². The fraction of sp³-hybridized carbons (Fsp3) is 0.429. The number of carbonyl (C=O) groups is 1. The molecule has 2 heterocycles. The molecule has 1 atom stereocenters. The summed E-state index contributed by atoms with van der Waals surface area (Å²) in [5.41, 5.74) is 4.70. The van der Waals surface area contributed by atoms with Gasteiger partial charge in [-0.1, -0.05) is 60.4 Å². The summed E-state index contributed by atoms with van der Waals surface area (Å²) in [4.78, 5) is 17.8. The van der Waals surface area contributed by atoms with Crippen molar-refractivity contribution in [3.05, 3.63) is 86.7 Å². The number of rotatable bonds is 17. The standard InChI is InChI=1S/C35H44BrClN4O4/c1-23(2)21-38-15-17-45-35-31(44-5)12-10-25(34(35)37)18-24(3)9-14-33(42)39-22-28-29(41-16-7-6-8-32(41)40-28)20-26-19-27(36)11-13-30(26)43-4/h6-8,10-13,16,19,23-24,38H,9,14-15,17-18,20-22H2,1-5H3,(H,39,42). The summed E-state index contributed by atoms with van der Waals surface area (Å²) in [7, 11) is 3.29. The molecule has 10 heteroatoms. The van der Waals surface area contributed by atoms with E-state index in [4.69, 9.17) is 30.8 Å². The number of hydrogen-bond donors (Lipinski definition) is 2. The normalized spacial score (nSPS) is 12.0. The minimum atomic E-state index is -0.0105. The fourth-order valence-corrected chi connectivity index (χ4v) is 5.96. The van der Waals surface area contributed by atoms with Crippen LogP contribution in [0, 0.1) is 11.8 Å². The van der Waals surface area contributed by atoms with Crippen LogP contribution in [0.25, 0.3) is 5.65 Å². The molecule has 4 rings (SSSR count). The molecule has 0 spiro atoms. The largest absolute Gasteiger partial charge is 0.496 e. The number of amides is 1. The Balaban J connectivity index is 1.35. The van der Waals surface area contributed by atoms with E-state index in [0.717, 1.165) is 64.3 Å². The van der Waals surface area contributed by atoms with E-state index < -0.39 is 0 Å². The summed E-state index contributed by atoms with van der Waals surface area (Å²) >= 11 is 10.4. The highest BCUT2D eigenvalue weighted by Crippen LogP contribution is 2.38. The van der Waals surface area contributed by atoms with Gasteiger partial charge in [0.2, 0.25) is 5.91 Å². The summed E-state index contributed by atoms with van der Waals surface area (Å²) in [6.07, 6.45) is 4.46. The summed E-state index contributed by atoms with van der Waals surface area (Å²) in [6.45, 7) is 8.97. The molecule has 0 fully saturated rings. The van der Waals surface area contributed by atoms with Crippen molar-refractivity contribution >= 4 is 39.1 Å². The average molecular weight is 700 g/mol. The van der Waals surface area contributed by atoms with Crippen LogP contribution < -0.4 is 24.8 Å². The lowest BCUT2D eigenvalue weighted by atomic mass is 9.96. The van der Waals surface area contributed by atoms with Crippen LogP contribution in [0.2, 0.25) is 5.02 Å². The minimum absolute atomic E-state index is 0.0105. The quantitative estimate of drug-likeness (QED) is 0.113. The van der Waals surface area contributed by atoms with Gasteiger partial charge in [-0.15, -0.1) is 0 Å². The Bertz CT molecular complexity index is 1580. The topological polar surface area (TPSA) is 86.1 Å². The van der Waals surface area contributed by atoms with E-state index >= 15 is 0 Å². The first-order valence-electron chi connectivity index (χ1n) is 15.4. The summed E-state index contributed by atoms with van der Waals surface area (Å²) in [5.74, 6) is 2.79. The van der Waals surface area contributed by atoms with Crippen molar-refractivity contribution in [1.82, 2.24) is 20.0 Å². The van der Waals surface area contributed by atoms with Gasteiger partial charge in [0.15, 0.2) is 11.5 Å². The number of ether oxygens (including phenoxy) is 3. The highest BCUT2D eigenvalue weighted by atomic mass is 79.9. The lowest BCUT2D eigenvalue weighted by molar-refractivity contribution is -0.121. The van der Waals surface area contributed by atoms with Gasteiger partial charge in [0.1, 0.15) is 18.0 Å². The Morgan fingerprint density at radius 1 is 1.04 bits per heavy atom. The SMILES string of the molecule is COc1ccc(Br)cc1Cc1c(CNC(=O)CCC(C)Cc2ccc(OC)c(OCCNCC(C)C)c2Cl)nc2ccccn12. The average Bonchev–Trinajstić information content (AvgIpc) is 3.37. The molecule has 8 nitrogen and oxygen atoms in total. The van der Waals surface area contributed by atoms with Crippen LogP contribution in [-0.4, -0.2) is 49.2 Å². The van der Waals surface area contributed by atoms with Crippen molar-refractivity contribution < 1.29 is 19.0 Å². The van der Waals surface area contributed by atoms with Crippen molar-refractivity contribution in [2.75, 3.05) is 33.9 Å². The molecule has 2 N–H and O–H groups in total. The van der Waals surface area contributed by atoms with Crippen LogP contribution >= 0.6 is 27.5 Å². The minimum Gasteiger partial charge on any atom is -0.496 e. The third kappa shape index (κ3) is 9.61. The van der Waals surface area contributed by atoms with Gasteiger partial charge >= 0.3 is 0 Å². The number of nitrogens with zero attached hydrogens (tertiary/aromatic N) is 2. The van der Waals surface area contributed by atoms with Crippen LogP contribution in [-0.2, 0) is 24.2 Å². The van der Waals surface area contributed by atoms with E-state index in [9.17, 15) is 4.79 Å².